The molecule has 0 bridgehead atoms. The summed E-state index contributed by atoms with van der Waals surface area (Å²) >= 11 is 0. The topological polar surface area (TPSA) is 38.7 Å². The zero-order valence-corrected chi connectivity index (χ0v) is 12.8. The third-order valence-electron chi connectivity index (χ3n) is 3.40. The summed E-state index contributed by atoms with van der Waals surface area (Å²) in [5.41, 5.74) is 4.24. The Morgan fingerprint density at radius 1 is 1.10 bits per heavy atom. The van der Waals surface area contributed by atoms with Gasteiger partial charge in [-0.25, -0.2) is 0 Å². The summed E-state index contributed by atoms with van der Waals surface area (Å²) in [5, 5.41) is 10.3. The molecular formula is C18H22O3. The van der Waals surface area contributed by atoms with Gasteiger partial charge in [0.2, 0.25) is 0 Å². The molecule has 0 aromatic heterocycles. The van der Waals surface area contributed by atoms with E-state index >= 15 is 0 Å². The Balaban J connectivity index is 2.00. The number of benzene rings is 2. The molecule has 0 heterocycles. The largest absolute Gasteiger partial charge is 0.491 e. The molecule has 0 aliphatic heterocycles. The molecule has 2 aromatic carbocycles. The molecule has 2 rings (SSSR count). The maximum absolute atomic E-state index is 10.3. The fraction of sp³-hybridized carbons (Fsp3) is 0.333. The summed E-state index contributed by atoms with van der Waals surface area (Å²) in [6.45, 7) is 4.84. The number of ether oxygens (including phenoxy) is 2. The summed E-state index contributed by atoms with van der Waals surface area (Å²) in [5.74, 6) is 0.744. The van der Waals surface area contributed by atoms with Crippen LogP contribution in [0, 0.1) is 13.8 Å². The summed E-state index contributed by atoms with van der Waals surface area (Å²) < 4.78 is 10.8. The predicted molar refractivity (Wildman–Crippen MR) is 83.5 cm³/mol. The minimum Gasteiger partial charge on any atom is -0.491 e. The van der Waals surface area contributed by atoms with E-state index in [1.54, 1.807) is 7.11 Å². The van der Waals surface area contributed by atoms with Crippen molar-refractivity contribution >= 4 is 0 Å². The Labute approximate surface area is 126 Å². The van der Waals surface area contributed by atoms with Crippen LogP contribution in [-0.2, 0) is 11.3 Å². The predicted octanol–water partition coefficient (Wildman–Crippen LogP) is 3.56. The van der Waals surface area contributed by atoms with Crippen LogP contribution in [-0.4, -0.2) is 18.8 Å². The van der Waals surface area contributed by atoms with Crippen LogP contribution in [0.15, 0.2) is 42.5 Å². The van der Waals surface area contributed by atoms with Crippen LogP contribution in [0.3, 0.4) is 0 Å². The monoisotopic (exact) mass is 286 g/mol. The molecule has 1 N–H and O–H groups in total. The van der Waals surface area contributed by atoms with Crippen molar-refractivity contribution in [1.29, 1.82) is 0 Å². The van der Waals surface area contributed by atoms with Gasteiger partial charge in [-0.05, 0) is 42.7 Å². The highest BCUT2D eigenvalue weighted by Gasteiger charge is 2.11. The molecule has 3 nitrogen and oxygen atoms in total. The highest BCUT2D eigenvalue weighted by atomic mass is 16.5. The van der Waals surface area contributed by atoms with Gasteiger partial charge in [0, 0.05) is 7.11 Å². The second-order valence-corrected chi connectivity index (χ2v) is 5.27. The lowest BCUT2D eigenvalue weighted by atomic mass is 10.0. The van der Waals surface area contributed by atoms with Crippen molar-refractivity contribution in [3.63, 3.8) is 0 Å². The molecular weight excluding hydrogens is 264 g/mol. The van der Waals surface area contributed by atoms with Gasteiger partial charge in [-0.3, -0.25) is 0 Å². The SMILES string of the molecule is COCc1cccc(OCC(O)c2ccc(C)cc2C)c1. The first-order valence-corrected chi connectivity index (χ1v) is 7.06. The van der Waals surface area contributed by atoms with Gasteiger partial charge in [-0.15, -0.1) is 0 Å². The lowest BCUT2D eigenvalue weighted by Gasteiger charge is -2.15. The highest BCUT2D eigenvalue weighted by molar-refractivity contribution is 5.32. The number of aryl methyl sites for hydroxylation is 2. The van der Waals surface area contributed by atoms with E-state index in [0.717, 1.165) is 22.4 Å². The molecule has 0 saturated heterocycles. The van der Waals surface area contributed by atoms with Crippen molar-refractivity contribution < 1.29 is 14.6 Å². The zero-order valence-electron chi connectivity index (χ0n) is 12.8. The summed E-state index contributed by atoms with van der Waals surface area (Å²) in [4.78, 5) is 0. The Morgan fingerprint density at radius 2 is 1.90 bits per heavy atom. The molecule has 0 spiro atoms. The van der Waals surface area contributed by atoms with Crippen molar-refractivity contribution in [1.82, 2.24) is 0 Å². The fourth-order valence-electron chi connectivity index (χ4n) is 2.36. The van der Waals surface area contributed by atoms with E-state index in [2.05, 4.69) is 6.07 Å². The molecule has 3 heteroatoms. The molecule has 1 unspecified atom stereocenters. The van der Waals surface area contributed by atoms with Crippen molar-refractivity contribution in [3.8, 4) is 5.75 Å². The first kappa shape index (κ1) is 15.5. The average molecular weight is 286 g/mol. The van der Waals surface area contributed by atoms with Gasteiger partial charge in [0.05, 0.1) is 6.61 Å². The van der Waals surface area contributed by atoms with E-state index in [1.807, 2.05) is 50.2 Å². The van der Waals surface area contributed by atoms with Crippen LogP contribution in [0.1, 0.15) is 28.4 Å². The maximum atomic E-state index is 10.3. The number of aliphatic hydroxyl groups excluding tert-OH is 1. The van der Waals surface area contributed by atoms with Crippen LogP contribution >= 0.6 is 0 Å². The standard InChI is InChI=1S/C18H22O3/c1-13-7-8-17(14(2)9-13)18(19)12-21-16-6-4-5-15(10-16)11-20-3/h4-10,18-19H,11-12H2,1-3H3. The van der Waals surface area contributed by atoms with Crippen molar-refractivity contribution in [2.24, 2.45) is 0 Å². The maximum Gasteiger partial charge on any atom is 0.119 e. The van der Waals surface area contributed by atoms with Crippen molar-refractivity contribution in [2.75, 3.05) is 13.7 Å². The molecule has 1 atom stereocenters. The smallest absolute Gasteiger partial charge is 0.119 e. The first-order chi connectivity index (χ1) is 10.1. The molecule has 21 heavy (non-hydrogen) atoms. The second-order valence-electron chi connectivity index (χ2n) is 5.27. The van der Waals surface area contributed by atoms with Crippen LogP contribution in [0.25, 0.3) is 0 Å². The van der Waals surface area contributed by atoms with Gasteiger partial charge in [0.25, 0.3) is 0 Å². The van der Waals surface area contributed by atoms with Crippen LogP contribution in [0.4, 0.5) is 0 Å². The molecule has 2 aromatic rings. The van der Waals surface area contributed by atoms with E-state index in [9.17, 15) is 5.11 Å². The van der Waals surface area contributed by atoms with E-state index in [-0.39, 0.29) is 6.61 Å². The van der Waals surface area contributed by atoms with Crippen LogP contribution < -0.4 is 4.74 Å². The molecule has 112 valence electrons. The third-order valence-corrected chi connectivity index (χ3v) is 3.40. The molecule has 0 aliphatic rings. The van der Waals surface area contributed by atoms with E-state index in [4.69, 9.17) is 9.47 Å². The Bertz CT molecular complexity index is 593. The van der Waals surface area contributed by atoms with Gasteiger partial charge >= 0.3 is 0 Å². The molecule has 0 aliphatic carbocycles. The summed E-state index contributed by atoms with van der Waals surface area (Å²) in [7, 11) is 1.66. The van der Waals surface area contributed by atoms with Crippen LogP contribution in [0.5, 0.6) is 5.75 Å². The van der Waals surface area contributed by atoms with Gasteiger partial charge < -0.3 is 14.6 Å². The molecule has 0 radical (unpaired) electrons. The number of hydrogen-bond donors (Lipinski definition) is 1. The highest BCUT2D eigenvalue weighted by Crippen LogP contribution is 2.21. The number of aliphatic hydroxyl groups is 1. The van der Waals surface area contributed by atoms with Gasteiger partial charge in [0.15, 0.2) is 0 Å². The van der Waals surface area contributed by atoms with E-state index < -0.39 is 6.10 Å². The Kier molecular flexibility index (Phi) is 5.37. The average Bonchev–Trinajstić information content (AvgIpc) is 2.45. The van der Waals surface area contributed by atoms with Gasteiger partial charge in [-0.1, -0.05) is 35.9 Å². The van der Waals surface area contributed by atoms with Crippen molar-refractivity contribution in [3.05, 3.63) is 64.7 Å². The molecule has 0 amide bonds. The molecule has 0 saturated carbocycles. The number of rotatable bonds is 6. The number of methoxy groups -OCH3 is 1. The van der Waals surface area contributed by atoms with Crippen molar-refractivity contribution in [2.45, 2.75) is 26.6 Å². The lowest BCUT2D eigenvalue weighted by molar-refractivity contribution is 0.107. The second kappa shape index (κ2) is 7.25. The normalized spacial score (nSPS) is 12.2. The molecule has 0 fully saturated rings. The minimum atomic E-state index is -0.628. The number of hydrogen-bond acceptors (Lipinski definition) is 3. The minimum absolute atomic E-state index is 0.236. The fourth-order valence-corrected chi connectivity index (χ4v) is 2.36. The summed E-state index contributed by atoms with van der Waals surface area (Å²) in [6.07, 6.45) is -0.628. The van der Waals surface area contributed by atoms with Crippen LogP contribution in [0.2, 0.25) is 0 Å². The van der Waals surface area contributed by atoms with Gasteiger partial charge in [-0.2, -0.15) is 0 Å². The van der Waals surface area contributed by atoms with E-state index in [0.29, 0.717) is 6.61 Å². The Morgan fingerprint density at radius 3 is 2.62 bits per heavy atom. The first-order valence-electron chi connectivity index (χ1n) is 7.06. The zero-order chi connectivity index (χ0) is 15.2. The Hall–Kier alpha value is -1.84. The third kappa shape index (κ3) is 4.31. The lowest BCUT2D eigenvalue weighted by Crippen LogP contribution is -2.11. The van der Waals surface area contributed by atoms with Gasteiger partial charge in [0.1, 0.15) is 18.5 Å². The quantitative estimate of drug-likeness (QED) is 0.882. The summed E-state index contributed by atoms with van der Waals surface area (Å²) in [6, 6.07) is 13.7. The van der Waals surface area contributed by atoms with E-state index in [1.165, 1.54) is 5.56 Å².